The van der Waals surface area contributed by atoms with E-state index in [1.807, 2.05) is 13.1 Å². The molecule has 0 saturated carbocycles. The number of hydrogen-bond acceptors (Lipinski definition) is 4. The lowest BCUT2D eigenvalue weighted by molar-refractivity contribution is 0.100. The number of anilines is 1. The highest BCUT2D eigenvalue weighted by atomic mass is 16.5. The highest BCUT2D eigenvalue weighted by Crippen LogP contribution is 2.15. The smallest absolute Gasteiger partial charge is 0.248 e. The molecule has 4 N–H and O–H groups in total. The molecule has 0 saturated heterocycles. The Labute approximate surface area is 108 Å². The van der Waals surface area contributed by atoms with E-state index in [0.29, 0.717) is 11.3 Å². The Hall–Kier alpha value is -1.59. The van der Waals surface area contributed by atoms with Crippen molar-refractivity contribution in [3.8, 4) is 0 Å². The number of primary amides is 1. The predicted molar refractivity (Wildman–Crippen MR) is 72.2 cm³/mol. The number of nitrogen functional groups attached to an aromatic ring is 1. The zero-order valence-electron chi connectivity index (χ0n) is 11.0. The van der Waals surface area contributed by atoms with Gasteiger partial charge in [0.25, 0.3) is 0 Å². The lowest BCUT2D eigenvalue weighted by Crippen LogP contribution is -2.21. The molecule has 0 aliphatic heterocycles. The van der Waals surface area contributed by atoms with E-state index in [2.05, 4.69) is 4.90 Å². The fourth-order valence-electron chi connectivity index (χ4n) is 1.74. The van der Waals surface area contributed by atoms with Crippen molar-refractivity contribution in [2.75, 3.05) is 33.0 Å². The first kappa shape index (κ1) is 14.5. The van der Waals surface area contributed by atoms with E-state index in [9.17, 15) is 4.79 Å². The summed E-state index contributed by atoms with van der Waals surface area (Å²) < 4.78 is 5.01. The maximum Gasteiger partial charge on any atom is 0.248 e. The highest BCUT2D eigenvalue weighted by molar-refractivity contribution is 5.93. The van der Waals surface area contributed by atoms with Crippen LogP contribution in [0.4, 0.5) is 5.69 Å². The molecule has 5 heteroatoms. The number of carbonyl (C=O) groups excluding carboxylic acids is 1. The summed E-state index contributed by atoms with van der Waals surface area (Å²) in [5, 5.41) is 0. The first-order chi connectivity index (χ1) is 8.54. The third-order valence-corrected chi connectivity index (χ3v) is 2.76. The Morgan fingerprint density at radius 1 is 1.44 bits per heavy atom. The molecular formula is C13H21N3O2. The van der Waals surface area contributed by atoms with Crippen LogP contribution < -0.4 is 11.5 Å². The van der Waals surface area contributed by atoms with Crippen molar-refractivity contribution in [3.05, 3.63) is 29.3 Å². The molecule has 0 radical (unpaired) electrons. The van der Waals surface area contributed by atoms with Gasteiger partial charge in [0.1, 0.15) is 0 Å². The molecule has 1 aromatic carbocycles. The molecule has 0 bridgehead atoms. The van der Waals surface area contributed by atoms with Crippen LogP contribution in [0, 0.1) is 0 Å². The number of carbonyl (C=O) groups is 1. The van der Waals surface area contributed by atoms with E-state index in [-0.39, 0.29) is 0 Å². The molecule has 0 spiro atoms. The van der Waals surface area contributed by atoms with Crippen LogP contribution in [0.25, 0.3) is 0 Å². The van der Waals surface area contributed by atoms with Crippen LogP contribution in [0.3, 0.4) is 0 Å². The number of nitrogens with two attached hydrogens (primary N) is 2. The Morgan fingerprint density at radius 3 is 2.72 bits per heavy atom. The Bertz CT molecular complexity index is 407. The van der Waals surface area contributed by atoms with E-state index >= 15 is 0 Å². The average molecular weight is 251 g/mol. The summed E-state index contributed by atoms with van der Waals surface area (Å²) in [6.45, 7) is 2.43. The SMILES string of the molecule is COCCCN(C)Cc1ccc(C(N)=O)cc1N. The average Bonchev–Trinajstić information content (AvgIpc) is 2.32. The Kier molecular flexibility index (Phi) is 5.61. The van der Waals surface area contributed by atoms with Gasteiger partial charge in [0.05, 0.1) is 0 Å². The summed E-state index contributed by atoms with van der Waals surface area (Å²) in [7, 11) is 3.72. The van der Waals surface area contributed by atoms with Crippen molar-refractivity contribution in [1.82, 2.24) is 4.90 Å². The molecule has 0 aromatic heterocycles. The van der Waals surface area contributed by atoms with Gasteiger partial charge in [-0.2, -0.15) is 0 Å². The van der Waals surface area contributed by atoms with E-state index in [1.54, 1.807) is 19.2 Å². The number of methoxy groups -OCH3 is 1. The number of amides is 1. The van der Waals surface area contributed by atoms with Crippen LogP contribution in [0.2, 0.25) is 0 Å². The zero-order chi connectivity index (χ0) is 13.5. The predicted octanol–water partition coefficient (Wildman–Crippen LogP) is 0.836. The summed E-state index contributed by atoms with van der Waals surface area (Å²) in [5.74, 6) is -0.457. The highest BCUT2D eigenvalue weighted by Gasteiger charge is 2.07. The van der Waals surface area contributed by atoms with Crippen molar-refractivity contribution in [2.24, 2.45) is 5.73 Å². The number of hydrogen-bond donors (Lipinski definition) is 2. The minimum Gasteiger partial charge on any atom is -0.398 e. The van der Waals surface area contributed by atoms with E-state index in [1.165, 1.54) is 0 Å². The number of benzene rings is 1. The topological polar surface area (TPSA) is 81.6 Å². The molecule has 0 fully saturated rings. The van der Waals surface area contributed by atoms with Crippen LogP contribution in [-0.2, 0) is 11.3 Å². The van der Waals surface area contributed by atoms with Crippen molar-refractivity contribution in [1.29, 1.82) is 0 Å². The summed E-state index contributed by atoms with van der Waals surface area (Å²) in [4.78, 5) is 13.2. The van der Waals surface area contributed by atoms with Gasteiger partial charge < -0.3 is 21.1 Å². The molecule has 5 nitrogen and oxygen atoms in total. The summed E-state index contributed by atoms with van der Waals surface area (Å²) >= 11 is 0. The third kappa shape index (κ3) is 4.35. The molecule has 1 amide bonds. The minimum absolute atomic E-state index is 0.443. The largest absolute Gasteiger partial charge is 0.398 e. The van der Waals surface area contributed by atoms with Crippen LogP contribution in [0.15, 0.2) is 18.2 Å². The van der Waals surface area contributed by atoms with Gasteiger partial charge >= 0.3 is 0 Å². The van der Waals surface area contributed by atoms with Crippen molar-refractivity contribution in [2.45, 2.75) is 13.0 Å². The van der Waals surface area contributed by atoms with Crippen molar-refractivity contribution >= 4 is 11.6 Å². The Morgan fingerprint density at radius 2 is 2.17 bits per heavy atom. The molecule has 1 aromatic rings. The van der Waals surface area contributed by atoms with E-state index < -0.39 is 5.91 Å². The molecule has 1 rings (SSSR count). The fraction of sp³-hybridized carbons (Fsp3) is 0.462. The first-order valence-electron chi connectivity index (χ1n) is 5.90. The molecule has 0 heterocycles. The lowest BCUT2D eigenvalue weighted by Gasteiger charge is -2.17. The zero-order valence-corrected chi connectivity index (χ0v) is 11.0. The normalized spacial score (nSPS) is 10.8. The number of ether oxygens (including phenoxy) is 1. The molecule has 100 valence electrons. The molecule has 18 heavy (non-hydrogen) atoms. The quantitative estimate of drug-likeness (QED) is 0.555. The van der Waals surface area contributed by atoms with Gasteiger partial charge in [-0.15, -0.1) is 0 Å². The van der Waals surface area contributed by atoms with Crippen LogP contribution in [0.1, 0.15) is 22.3 Å². The Balaban J connectivity index is 2.59. The molecule has 0 atom stereocenters. The van der Waals surface area contributed by atoms with E-state index in [0.717, 1.165) is 31.7 Å². The second kappa shape index (κ2) is 6.98. The van der Waals surface area contributed by atoms with Gasteiger partial charge in [0, 0.05) is 38.1 Å². The second-order valence-corrected chi connectivity index (χ2v) is 4.36. The summed E-state index contributed by atoms with van der Waals surface area (Å²) in [6, 6.07) is 5.18. The molecule has 0 aliphatic carbocycles. The van der Waals surface area contributed by atoms with Crippen LogP contribution in [0.5, 0.6) is 0 Å². The van der Waals surface area contributed by atoms with Gasteiger partial charge in [-0.05, 0) is 31.2 Å². The molecule has 0 aliphatic rings. The second-order valence-electron chi connectivity index (χ2n) is 4.36. The lowest BCUT2D eigenvalue weighted by atomic mass is 10.1. The van der Waals surface area contributed by atoms with Gasteiger partial charge in [-0.25, -0.2) is 0 Å². The number of rotatable bonds is 7. The van der Waals surface area contributed by atoms with Gasteiger partial charge in [-0.3, -0.25) is 4.79 Å². The third-order valence-electron chi connectivity index (χ3n) is 2.76. The number of nitrogens with zero attached hydrogens (tertiary/aromatic N) is 1. The van der Waals surface area contributed by atoms with Gasteiger partial charge in [-0.1, -0.05) is 6.07 Å². The summed E-state index contributed by atoms with van der Waals surface area (Å²) in [5.41, 5.74) is 13.1. The van der Waals surface area contributed by atoms with Crippen molar-refractivity contribution < 1.29 is 9.53 Å². The van der Waals surface area contributed by atoms with Crippen LogP contribution >= 0.6 is 0 Å². The standard InChI is InChI=1S/C13H21N3O2/c1-16(6-3-7-18-2)9-11-5-4-10(13(15)17)8-12(11)14/h4-5,8H,3,6-7,9,14H2,1-2H3,(H2,15,17). The molecule has 0 unspecified atom stereocenters. The van der Waals surface area contributed by atoms with Gasteiger partial charge in [0.15, 0.2) is 0 Å². The van der Waals surface area contributed by atoms with Gasteiger partial charge in [0.2, 0.25) is 5.91 Å². The maximum atomic E-state index is 11.0. The monoisotopic (exact) mass is 251 g/mol. The van der Waals surface area contributed by atoms with E-state index in [4.69, 9.17) is 16.2 Å². The maximum absolute atomic E-state index is 11.0. The van der Waals surface area contributed by atoms with Crippen molar-refractivity contribution in [3.63, 3.8) is 0 Å². The molecular weight excluding hydrogens is 230 g/mol. The van der Waals surface area contributed by atoms with Crippen LogP contribution in [-0.4, -0.2) is 38.1 Å². The summed E-state index contributed by atoms with van der Waals surface area (Å²) in [6.07, 6.45) is 0.978. The first-order valence-corrected chi connectivity index (χ1v) is 5.90. The minimum atomic E-state index is -0.457. The fourth-order valence-corrected chi connectivity index (χ4v) is 1.74.